The van der Waals surface area contributed by atoms with Crippen molar-refractivity contribution in [3.8, 4) is 11.6 Å². The Hall–Kier alpha value is -1.62. The van der Waals surface area contributed by atoms with Gasteiger partial charge in [0.1, 0.15) is 5.75 Å². The smallest absolute Gasteiger partial charge is 0.226 e. The molecule has 4 nitrogen and oxygen atoms in total. The molecule has 2 rings (SSSR count). The number of hydrogen-bond acceptors (Lipinski definition) is 4. The molecule has 0 saturated carbocycles. The zero-order chi connectivity index (χ0) is 12.4. The fourth-order valence-corrected chi connectivity index (χ4v) is 1.58. The van der Waals surface area contributed by atoms with Crippen LogP contribution in [0.3, 0.4) is 0 Å². The van der Waals surface area contributed by atoms with Gasteiger partial charge in [-0.05, 0) is 37.6 Å². The van der Waals surface area contributed by atoms with Crippen molar-refractivity contribution in [2.45, 2.75) is 13.8 Å². The number of benzene rings is 1. The van der Waals surface area contributed by atoms with Crippen molar-refractivity contribution < 1.29 is 4.74 Å². The largest absolute Gasteiger partial charge is 0.439 e. The summed E-state index contributed by atoms with van der Waals surface area (Å²) in [5, 5.41) is 0. The summed E-state index contributed by atoms with van der Waals surface area (Å²) in [5.41, 5.74) is 7.47. The fourth-order valence-electron chi connectivity index (χ4n) is 1.33. The van der Waals surface area contributed by atoms with E-state index in [1.807, 2.05) is 32.0 Å². The van der Waals surface area contributed by atoms with E-state index in [9.17, 15) is 0 Å². The van der Waals surface area contributed by atoms with E-state index in [4.69, 9.17) is 10.5 Å². The standard InChI is InChI=1S/C12H12BrN3O/c1-7-5-9(3-4-10(7)13)17-11-8(2)6-15-12(14)16-11/h3-6H,1-2H3,(H2,14,15,16). The summed E-state index contributed by atoms with van der Waals surface area (Å²) in [7, 11) is 0. The molecule has 0 aliphatic heterocycles. The molecule has 1 aromatic carbocycles. The quantitative estimate of drug-likeness (QED) is 0.923. The van der Waals surface area contributed by atoms with Crippen LogP contribution < -0.4 is 10.5 Å². The van der Waals surface area contributed by atoms with E-state index < -0.39 is 0 Å². The summed E-state index contributed by atoms with van der Waals surface area (Å²) in [6.45, 7) is 3.87. The van der Waals surface area contributed by atoms with Gasteiger partial charge in [0.05, 0.1) is 0 Å². The van der Waals surface area contributed by atoms with Gasteiger partial charge in [-0.15, -0.1) is 0 Å². The lowest BCUT2D eigenvalue weighted by Crippen LogP contribution is -1.98. The van der Waals surface area contributed by atoms with E-state index in [-0.39, 0.29) is 5.95 Å². The van der Waals surface area contributed by atoms with Gasteiger partial charge >= 0.3 is 0 Å². The van der Waals surface area contributed by atoms with Crippen LogP contribution >= 0.6 is 15.9 Å². The highest BCUT2D eigenvalue weighted by molar-refractivity contribution is 9.10. The molecule has 0 amide bonds. The van der Waals surface area contributed by atoms with Gasteiger partial charge in [0, 0.05) is 16.2 Å². The van der Waals surface area contributed by atoms with Crippen molar-refractivity contribution in [2.24, 2.45) is 0 Å². The molecule has 0 fully saturated rings. The van der Waals surface area contributed by atoms with Crippen LogP contribution in [0.4, 0.5) is 5.95 Å². The van der Waals surface area contributed by atoms with Crippen LogP contribution in [0.2, 0.25) is 0 Å². The van der Waals surface area contributed by atoms with Gasteiger partial charge in [-0.3, -0.25) is 0 Å². The number of ether oxygens (including phenoxy) is 1. The van der Waals surface area contributed by atoms with Gasteiger partial charge in [-0.25, -0.2) is 4.98 Å². The van der Waals surface area contributed by atoms with Crippen molar-refractivity contribution in [1.82, 2.24) is 9.97 Å². The third-order valence-electron chi connectivity index (χ3n) is 2.29. The zero-order valence-electron chi connectivity index (χ0n) is 9.57. The molecule has 0 unspecified atom stereocenters. The number of halogens is 1. The molecule has 5 heteroatoms. The predicted molar refractivity (Wildman–Crippen MR) is 70.1 cm³/mol. The Morgan fingerprint density at radius 3 is 2.71 bits per heavy atom. The van der Waals surface area contributed by atoms with Crippen LogP contribution in [0.1, 0.15) is 11.1 Å². The van der Waals surface area contributed by atoms with Crippen molar-refractivity contribution in [3.05, 3.63) is 40.0 Å². The Bertz CT molecular complexity index is 557. The summed E-state index contributed by atoms with van der Waals surface area (Å²) in [4.78, 5) is 7.94. The molecule has 0 aliphatic carbocycles. The van der Waals surface area contributed by atoms with Gasteiger partial charge in [0.15, 0.2) is 0 Å². The van der Waals surface area contributed by atoms with Crippen LogP contribution in [-0.2, 0) is 0 Å². The fraction of sp³-hybridized carbons (Fsp3) is 0.167. The maximum Gasteiger partial charge on any atom is 0.226 e. The maximum absolute atomic E-state index is 5.67. The lowest BCUT2D eigenvalue weighted by molar-refractivity contribution is 0.458. The van der Waals surface area contributed by atoms with Crippen LogP contribution in [0.15, 0.2) is 28.9 Å². The molecule has 0 atom stereocenters. The van der Waals surface area contributed by atoms with E-state index in [2.05, 4.69) is 25.9 Å². The first-order valence-electron chi connectivity index (χ1n) is 5.09. The number of nitrogen functional groups attached to an aromatic ring is 1. The molecule has 2 N–H and O–H groups in total. The molecule has 0 saturated heterocycles. The Morgan fingerprint density at radius 2 is 2.00 bits per heavy atom. The third-order valence-corrected chi connectivity index (χ3v) is 3.18. The molecular weight excluding hydrogens is 282 g/mol. The number of aryl methyl sites for hydroxylation is 2. The van der Waals surface area contributed by atoms with Crippen molar-refractivity contribution in [3.63, 3.8) is 0 Å². The summed E-state index contributed by atoms with van der Waals surface area (Å²) in [6, 6.07) is 5.74. The molecule has 1 heterocycles. The van der Waals surface area contributed by atoms with Crippen molar-refractivity contribution in [1.29, 1.82) is 0 Å². The molecule has 0 bridgehead atoms. The highest BCUT2D eigenvalue weighted by Gasteiger charge is 2.05. The summed E-state index contributed by atoms with van der Waals surface area (Å²) >= 11 is 3.44. The lowest BCUT2D eigenvalue weighted by Gasteiger charge is -2.08. The maximum atomic E-state index is 5.67. The van der Waals surface area contributed by atoms with Crippen LogP contribution in [0, 0.1) is 13.8 Å². The number of aromatic nitrogens is 2. The third kappa shape index (κ3) is 2.74. The van der Waals surface area contributed by atoms with Gasteiger partial charge in [0.25, 0.3) is 0 Å². The average molecular weight is 294 g/mol. The normalized spacial score (nSPS) is 10.3. The Morgan fingerprint density at radius 1 is 1.24 bits per heavy atom. The van der Waals surface area contributed by atoms with Crippen LogP contribution in [0.25, 0.3) is 0 Å². The van der Waals surface area contributed by atoms with Crippen molar-refractivity contribution in [2.75, 3.05) is 5.73 Å². The molecule has 17 heavy (non-hydrogen) atoms. The van der Waals surface area contributed by atoms with E-state index in [1.54, 1.807) is 6.20 Å². The first-order valence-corrected chi connectivity index (χ1v) is 5.88. The topological polar surface area (TPSA) is 61.0 Å². The molecule has 0 spiro atoms. The van der Waals surface area contributed by atoms with E-state index >= 15 is 0 Å². The minimum atomic E-state index is 0.208. The number of nitrogens with two attached hydrogens (primary N) is 1. The Labute approximate surface area is 108 Å². The number of hydrogen-bond donors (Lipinski definition) is 1. The second-order valence-electron chi connectivity index (χ2n) is 3.73. The number of rotatable bonds is 2. The van der Waals surface area contributed by atoms with E-state index in [0.717, 1.165) is 21.3 Å². The molecule has 0 radical (unpaired) electrons. The molecule has 88 valence electrons. The molecule has 2 aromatic rings. The Balaban J connectivity index is 2.31. The van der Waals surface area contributed by atoms with Gasteiger partial charge in [-0.1, -0.05) is 15.9 Å². The first-order chi connectivity index (χ1) is 8.06. The average Bonchev–Trinajstić information content (AvgIpc) is 2.29. The first kappa shape index (κ1) is 11.9. The molecule has 1 aromatic heterocycles. The molecular formula is C12H12BrN3O. The Kier molecular flexibility index (Phi) is 3.28. The van der Waals surface area contributed by atoms with E-state index in [1.165, 1.54) is 0 Å². The minimum absolute atomic E-state index is 0.208. The van der Waals surface area contributed by atoms with Crippen LogP contribution in [0.5, 0.6) is 11.6 Å². The SMILES string of the molecule is Cc1cc(Oc2nc(N)ncc2C)ccc1Br. The highest BCUT2D eigenvalue weighted by Crippen LogP contribution is 2.26. The highest BCUT2D eigenvalue weighted by atomic mass is 79.9. The summed E-state index contributed by atoms with van der Waals surface area (Å²) in [6.07, 6.45) is 1.64. The van der Waals surface area contributed by atoms with Gasteiger partial charge in [-0.2, -0.15) is 4.98 Å². The number of nitrogens with zero attached hydrogens (tertiary/aromatic N) is 2. The minimum Gasteiger partial charge on any atom is -0.439 e. The van der Waals surface area contributed by atoms with Crippen LogP contribution in [-0.4, -0.2) is 9.97 Å². The van der Waals surface area contributed by atoms with E-state index in [0.29, 0.717) is 5.88 Å². The van der Waals surface area contributed by atoms with Crippen molar-refractivity contribution >= 4 is 21.9 Å². The predicted octanol–water partition coefficient (Wildman–Crippen LogP) is 3.23. The second kappa shape index (κ2) is 4.71. The summed E-state index contributed by atoms with van der Waals surface area (Å²) in [5.74, 6) is 1.42. The second-order valence-corrected chi connectivity index (χ2v) is 4.58. The lowest BCUT2D eigenvalue weighted by atomic mass is 10.2. The monoisotopic (exact) mass is 293 g/mol. The van der Waals surface area contributed by atoms with Gasteiger partial charge < -0.3 is 10.5 Å². The van der Waals surface area contributed by atoms with Gasteiger partial charge in [0.2, 0.25) is 11.8 Å². The summed E-state index contributed by atoms with van der Waals surface area (Å²) < 4.78 is 6.72. The molecule has 0 aliphatic rings. The number of anilines is 1. The zero-order valence-corrected chi connectivity index (χ0v) is 11.2.